The lowest BCUT2D eigenvalue weighted by Gasteiger charge is -2.49. The van der Waals surface area contributed by atoms with Gasteiger partial charge in [-0.15, -0.1) is 0 Å². The van der Waals surface area contributed by atoms with Crippen molar-refractivity contribution in [2.24, 2.45) is 17.6 Å². The highest BCUT2D eigenvalue weighted by molar-refractivity contribution is 5.97. The third kappa shape index (κ3) is 3.64. The lowest BCUT2D eigenvalue weighted by atomic mass is 9.69. The average molecular weight is 466 g/mol. The number of hydrogen-bond donors (Lipinski definition) is 4. The molecule has 2 aromatic heterocycles. The van der Waals surface area contributed by atoms with Gasteiger partial charge in [-0.1, -0.05) is 19.9 Å². The summed E-state index contributed by atoms with van der Waals surface area (Å²) in [5.41, 5.74) is 7.17. The minimum atomic E-state index is -1.51. The van der Waals surface area contributed by atoms with E-state index in [2.05, 4.69) is 16.0 Å². The maximum absolute atomic E-state index is 15.7. The van der Waals surface area contributed by atoms with E-state index in [9.17, 15) is 20.3 Å². The molecule has 34 heavy (non-hydrogen) atoms. The number of pyridine rings is 1. The van der Waals surface area contributed by atoms with Crippen LogP contribution in [0.5, 0.6) is 0 Å². The van der Waals surface area contributed by atoms with Gasteiger partial charge in [0.2, 0.25) is 5.91 Å². The Morgan fingerprint density at radius 1 is 1.41 bits per heavy atom. The molecule has 8 nitrogen and oxygen atoms in total. The van der Waals surface area contributed by atoms with Crippen molar-refractivity contribution in [2.45, 2.75) is 32.4 Å². The maximum atomic E-state index is 15.7. The molecular formula is C25H28FN5O3. The first-order valence-corrected chi connectivity index (χ1v) is 11.2. The lowest BCUT2D eigenvalue weighted by Crippen LogP contribution is -2.59. The SMILES string of the molecule is Cc1cc(-c2ccnc3[nH]cc(C#N)c23)cc(F)c1[C@@]1(O)[C@H](C)CN(C(=O)[C@H](N)CO)C[C@@H]1C. The monoisotopic (exact) mass is 465 g/mol. The van der Waals surface area contributed by atoms with Crippen LogP contribution >= 0.6 is 0 Å². The molecular weight excluding hydrogens is 437 g/mol. The molecule has 0 radical (unpaired) electrons. The van der Waals surface area contributed by atoms with Gasteiger partial charge in [-0.2, -0.15) is 5.26 Å². The second kappa shape index (κ2) is 8.80. The summed E-state index contributed by atoms with van der Waals surface area (Å²) in [4.78, 5) is 21.2. The van der Waals surface area contributed by atoms with E-state index in [1.54, 1.807) is 45.3 Å². The summed E-state index contributed by atoms with van der Waals surface area (Å²) in [5.74, 6) is -1.90. The molecule has 1 aliphatic rings. The van der Waals surface area contributed by atoms with Crippen molar-refractivity contribution in [3.05, 3.63) is 53.1 Å². The van der Waals surface area contributed by atoms with E-state index in [4.69, 9.17) is 5.73 Å². The second-order valence-electron chi connectivity index (χ2n) is 9.21. The van der Waals surface area contributed by atoms with E-state index in [0.29, 0.717) is 33.3 Å². The van der Waals surface area contributed by atoms with Crippen LogP contribution in [-0.2, 0) is 10.4 Å². The average Bonchev–Trinajstić information content (AvgIpc) is 3.24. The van der Waals surface area contributed by atoms with Crippen molar-refractivity contribution in [2.75, 3.05) is 19.7 Å². The first-order valence-electron chi connectivity index (χ1n) is 11.2. The van der Waals surface area contributed by atoms with Gasteiger partial charge in [0.15, 0.2) is 0 Å². The Balaban J connectivity index is 1.76. The predicted octanol–water partition coefficient (Wildman–Crippen LogP) is 2.17. The quantitative estimate of drug-likeness (QED) is 0.466. The fourth-order valence-electron chi connectivity index (χ4n) is 5.28. The lowest BCUT2D eigenvalue weighted by molar-refractivity contribution is -0.151. The smallest absolute Gasteiger partial charge is 0.241 e. The van der Waals surface area contributed by atoms with Crippen LogP contribution in [0.4, 0.5) is 4.39 Å². The number of aliphatic hydroxyl groups excluding tert-OH is 1. The number of hydrogen-bond acceptors (Lipinski definition) is 6. The van der Waals surface area contributed by atoms with E-state index in [1.807, 2.05) is 0 Å². The number of aryl methyl sites for hydroxylation is 1. The summed E-state index contributed by atoms with van der Waals surface area (Å²) in [7, 11) is 0. The summed E-state index contributed by atoms with van der Waals surface area (Å²) in [6, 6.07) is 6.03. The fourth-order valence-corrected chi connectivity index (χ4v) is 5.28. The number of benzene rings is 1. The molecule has 1 fully saturated rings. The Morgan fingerprint density at radius 3 is 2.68 bits per heavy atom. The number of H-pyrrole nitrogens is 1. The highest BCUT2D eigenvalue weighted by Crippen LogP contribution is 2.45. The van der Waals surface area contributed by atoms with Gasteiger partial charge in [0.25, 0.3) is 0 Å². The molecule has 0 bridgehead atoms. The van der Waals surface area contributed by atoms with Gasteiger partial charge in [0, 0.05) is 48.3 Å². The first kappa shape index (κ1) is 23.8. The Labute approximate surface area is 196 Å². The predicted molar refractivity (Wildman–Crippen MR) is 125 cm³/mol. The topological polar surface area (TPSA) is 139 Å². The highest BCUT2D eigenvalue weighted by atomic mass is 19.1. The number of nitrogens with two attached hydrogens (primary N) is 1. The molecule has 4 atom stereocenters. The van der Waals surface area contributed by atoms with Crippen molar-refractivity contribution < 1.29 is 19.4 Å². The molecule has 0 spiro atoms. The molecule has 1 aromatic carbocycles. The second-order valence-corrected chi connectivity index (χ2v) is 9.21. The van der Waals surface area contributed by atoms with Gasteiger partial charge >= 0.3 is 0 Å². The zero-order valence-electron chi connectivity index (χ0n) is 19.3. The van der Waals surface area contributed by atoms with Crippen LogP contribution < -0.4 is 5.73 Å². The normalized spacial score (nSPS) is 23.6. The van der Waals surface area contributed by atoms with E-state index in [0.717, 1.165) is 0 Å². The Hall–Kier alpha value is -3.32. The van der Waals surface area contributed by atoms with E-state index >= 15 is 4.39 Å². The number of halogens is 1. The number of piperidine rings is 1. The summed E-state index contributed by atoms with van der Waals surface area (Å²) < 4.78 is 15.7. The van der Waals surface area contributed by atoms with Crippen molar-refractivity contribution in [3.63, 3.8) is 0 Å². The molecule has 5 N–H and O–H groups in total. The number of rotatable bonds is 4. The number of aromatic nitrogens is 2. The summed E-state index contributed by atoms with van der Waals surface area (Å²) in [6.07, 6.45) is 3.17. The van der Waals surface area contributed by atoms with Gasteiger partial charge in [-0.3, -0.25) is 4.79 Å². The molecule has 4 rings (SSSR count). The number of nitriles is 1. The number of aromatic amines is 1. The number of amides is 1. The van der Waals surface area contributed by atoms with Crippen LogP contribution in [0, 0.1) is 35.9 Å². The van der Waals surface area contributed by atoms with E-state index in [-0.39, 0.29) is 18.7 Å². The minimum Gasteiger partial charge on any atom is -0.394 e. The number of likely N-dealkylation sites (tertiary alicyclic amines) is 1. The number of aliphatic hydroxyl groups is 2. The van der Waals surface area contributed by atoms with Crippen molar-refractivity contribution in [3.8, 4) is 17.2 Å². The van der Waals surface area contributed by atoms with Gasteiger partial charge in [0.05, 0.1) is 12.2 Å². The van der Waals surface area contributed by atoms with Gasteiger partial charge < -0.3 is 25.8 Å². The zero-order valence-corrected chi connectivity index (χ0v) is 19.3. The first-order chi connectivity index (χ1) is 16.1. The van der Waals surface area contributed by atoms with Gasteiger partial charge in [0.1, 0.15) is 29.2 Å². The summed E-state index contributed by atoms with van der Waals surface area (Å²) in [6.45, 7) is 5.21. The molecule has 0 aliphatic carbocycles. The van der Waals surface area contributed by atoms with Crippen LogP contribution in [-0.4, -0.2) is 56.7 Å². The zero-order chi connectivity index (χ0) is 24.8. The molecule has 1 saturated heterocycles. The molecule has 1 amide bonds. The Morgan fingerprint density at radius 2 is 2.09 bits per heavy atom. The Bertz CT molecular complexity index is 1260. The van der Waals surface area contributed by atoms with Gasteiger partial charge in [-0.25, -0.2) is 9.37 Å². The molecule has 0 unspecified atom stereocenters. The van der Waals surface area contributed by atoms with Crippen LogP contribution in [0.1, 0.15) is 30.5 Å². The molecule has 1 aliphatic heterocycles. The summed E-state index contributed by atoms with van der Waals surface area (Å²) in [5, 5.41) is 31.1. The number of fused-ring (bicyclic) bond motifs is 1. The number of nitrogens with zero attached hydrogens (tertiary/aromatic N) is 3. The van der Waals surface area contributed by atoms with Gasteiger partial charge in [-0.05, 0) is 35.7 Å². The van der Waals surface area contributed by atoms with Crippen molar-refractivity contribution >= 4 is 16.9 Å². The number of carbonyl (C=O) groups excluding carboxylic acids is 1. The van der Waals surface area contributed by atoms with Crippen LogP contribution in [0.2, 0.25) is 0 Å². The molecule has 3 heterocycles. The third-order valence-electron chi connectivity index (χ3n) is 7.01. The third-order valence-corrected chi connectivity index (χ3v) is 7.01. The minimum absolute atomic E-state index is 0.188. The summed E-state index contributed by atoms with van der Waals surface area (Å²) >= 11 is 0. The largest absolute Gasteiger partial charge is 0.394 e. The molecule has 178 valence electrons. The standard InChI is InChI=1S/C25H28FN5O3/c1-13-6-16(18-4-5-29-23-21(18)17(8-27)9-30-23)7-19(26)22(13)25(34)14(2)10-31(11-15(25)3)24(33)20(28)12-32/h4-7,9,14-15,20,32,34H,10-12,28H2,1-3H3,(H,29,30)/t14-,15+,20-,25-/m1/s1. The highest BCUT2D eigenvalue weighted by Gasteiger charge is 2.49. The molecule has 0 saturated carbocycles. The maximum Gasteiger partial charge on any atom is 0.241 e. The van der Waals surface area contributed by atoms with Crippen molar-refractivity contribution in [1.82, 2.24) is 14.9 Å². The van der Waals surface area contributed by atoms with E-state index < -0.39 is 41.8 Å². The fraction of sp³-hybridized carbons (Fsp3) is 0.400. The van der Waals surface area contributed by atoms with Crippen LogP contribution in [0.25, 0.3) is 22.2 Å². The molecule has 9 heteroatoms. The Kier molecular flexibility index (Phi) is 6.16. The number of carbonyl (C=O) groups is 1. The van der Waals surface area contributed by atoms with Crippen LogP contribution in [0.15, 0.2) is 30.6 Å². The molecule has 3 aromatic rings. The van der Waals surface area contributed by atoms with E-state index in [1.165, 1.54) is 11.0 Å². The number of nitrogens with one attached hydrogen (secondary N) is 1. The van der Waals surface area contributed by atoms with Crippen LogP contribution in [0.3, 0.4) is 0 Å². The van der Waals surface area contributed by atoms with Crippen molar-refractivity contribution in [1.29, 1.82) is 5.26 Å².